The van der Waals surface area contributed by atoms with Gasteiger partial charge in [0.15, 0.2) is 0 Å². The molecule has 0 saturated heterocycles. The summed E-state index contributed by atoms with van der Waals surface area (Å²) in [6.07, 6.45) is 0. The van der Waals surface area contributed by atoms with E-state index in [4.69, 9.17) is 0 Å². The minimum atomic E-state index is 1.18. The van der Waals surface area contributed by atoms with Crippen molar-refractivity contribution in [2.45, 2.75) is 0 Å². The van der Waals surface area contributed by atoms with Gasteiger partial charge in [0, 0.05) is 36.6 Å². The number of benzene rings is 8. The Balaban J connectivity index is 1.25. The maximum Gasteiger partial charge on any atom is 0.0541 e. The predicted octanol–water partition coefficient (Wildman–Crippen LogP) is 13.8. The SMILES string of the molecule is c1ccc(-c2cc3sc4ccc(-c5ccc6c(c5)c5ccccc5n6-c5ccccc5)cc4c3c(-c3ccccc3)c2-c2ccccc2)cc1. The summed E-state index contributed by atoms with van der Waals surface area (Å²) in [7, 11) is 0. The van der Waals surface area contributed by atoms with Gasteiger partial charge in [-0.25, -0.2) is 0 Å². The third-order valence-corrected chi connectivity index (χ3v) is 11.1. The molecule has 50 heavy (non-hydrogen) atoms. The molecule has 10 aromatic rings. The molecule has 8 aromatic carbocycles. The Labute approximate surface area is 295 Å². The molecule has 0 saturated carbocycles. The normalized spacial score (nSPS) is 11.6. The summed E-state index contributed by atoms with van der Waals surface area (Å²) < 4.78 is 4.98. The van der Waals surface area contributed by atoms with Crippen LogP contribution in [0.2, 0.25) is 0 Å². The Morgan fingerprint density at radius 1 is 0.340 bits per heavy atom. The third-order valence-electron chi connectivity index (χ3n) is 9.99. The van der Waals surface area contributed by atoms with Gasteiger partial charge < -0.3 is 4.57 Å². The Kier molecular flexibility index (Phi) is 6.75. The molecule has 10 rings (SSSR count). The molecule has 0 aliphatic rings. The zero-order valence-electron chi connectivity index (χ0n) is 27.3. The fourth-order valence-electron chi connectivity index (χ4n) is 7.77. The van der Waals surface area contributed by atoms with Gasteiger partial charge in [0.05, 0.1) is 11.0 Å². The molecule has 0 spiro atoms. The molecule has 0 amide bonds. The van der Waals surface area contributed by atoms with E-state index in [1.807, 2.05) is 11.3 Å². The van der Waals surface area contributed by atoms with Crippen LogP contribution in [0, 0.1) is 0 Å². The van der Waals surface area contributed by atoms with Crippen molar-refractivity contribution in [1.29, 1.82) is 0 Å². The van der Waals surface area contributed by atoms with Crippen LogP contribution >= 0.6 is 11.3 Å². The number of aromatic nitrogens is 1. The first-order valence-corrected chi connectivity index (χ1v) is 17.9. The van der Waals surface area contributed by atoms with Gasteiger partial charge in [0.1, 0.15) is 0 Å². The first kappa shape index (κ1) is 28.8. The van der Waals surface area contributed by atoms with E-state index in [0.717, 1.165) is 0 Å². The second-order valence-corrected chi connectivity index (χ2v) is 14.0. The molecule has 0 aliphatic heterocycles. The summed E-state index contributed by atoms with van der Waals surface area (Å²) in [6, 6.07) is 68.6. The number of rotatable bonds is 5. The molecule has 2 aromatic heterocycles. The van der Waals surface area contributed by atoms with Crippen LogP contribution in [-0.4, -0.2) is 4.57 Å². The fraction of sp³-hybridized carbons (Fsp3) is 0. The number of hydrogen-bond acceptors (Lipinski definition) is 1. The highest BCUT2D eigenvalue weighted by molar-refractivity contribution is 7.26. The second-order valence-electron chi connectivity index (χ2n) is 12.9. The van der Waals surface area contributed by atoms with Crippen LogP contribution in [0.25, 0.3) is 92.2 Å². The lowest BCUT2D eigenvalue weighted by Crippen LogP contribution is -1.92. The number of thiophene rings is 1. The molecule has 2 heteroatoms. The zero-order chi connectivity index (χ0) is 33.0. The summed E-state index contributed by atoms with van der Waals surface area (Å²) >= 11 is 1.89. The summed E-state index contributed by atoms with van der Waals surface area (Å²) in [5.41, 5.74) is 13.6. The molecular formula is C48H31NS. The van der Waals surface area contributed by atoms with E-state index < -0.39 is 0 Å². The van der Waals surface area contributed by atoms with Gasteiger partial charge in [-0.15, -0.1) is 11.3 Å². The van der Waals surface area contributed by atoms with Crippen molar-refractivity contribution < 1.29 is 0 Å². The van der Waals surface area contributed by atoms with Crippen LogP contribution < -0.4 is 0 Å². The standard InChI is InChI=1S/C48H31NS/c1-5-15-32(16-6-1)39-31-45-48(47(34-19-9-3-10-20-34)46(39)33-17-7-2-8-18-33)41-30-36(26-28-44(41)50-45)35-25-27-43-40(29-35)38-23-13-14-24-42(38)49(43)37-21-11-4-12-22-37/h1-31H. The summed E-state index contributed by atoms with van der Waals surface area (Å²) in [5, 5.41) is 5.15. The van der Waals surface area contributed by atoms with Crippen molar-refractivity contribution >= 4 is 53.3 Å². The molecule has 0 atom stereocenters. The van der Waals surface area contributed by atoms with Crippen molar-refractivity contribution in [3.8, 4) is 50.2 Å². The third kappa shape index (κ3) is 4.61. The molecule has 2 heterocycles. The van der Waals surface area contributed by atoms with Crippen LogP contribution in [0.15, 0.2) is 188 Å². The molecule has 0 radical (unpaired) electrons. The topological polar surface area (TPSA) is 4.93 Å². The molecular weight excluding hydrogens is 623 g/mol. The van der Waals surface area contributed by atoms with Crippen LogP contribution in [0.4, 0.5) is 0 Å². The first-order valence-electron chi connectivity index (χ1n) is 17.1. The van der Waals surface area contributed by atoms with Gasteiger partial charge in [-0.2, -0.15) is 0 Å². The van der Waals surface area contributed by atoms with Gasteiger partial charge in [-0.05, 0) is 93.0 Å². The van der Waals surface area contributed by atoms with E-state index in [-0.39, 0.29) is 0 Å². The van der Waals surface area contributed by atoms with Crippen LogP contribution in [0.5, 0.6) is 0 Å². The highest BCUT2D eigenvalue weighted by atomic mass is 32.1. The van der Waals surface area contributed by atoms with E-state index in [1.54, 1.807) is 0 Å². The summed E-state index contributed by atoms with van der Waals surface area (Å²) in [6.45, 7) is 0. The Morgan fingerprint density at radius 3 is 1.58 bits per heavy atom. The van der Waals surface area contributed by atoms with Gasteiger partial charge in [0.2, 0.25) is 0 Å². The lowest BCUT2D eigenvalue weighted by molar-refractivity contribution is 1.18. The Bertz CT molecular complexity index is 2830. The van der Waals surface area contributed by atoms with Crippen LogP contribution in [0.1, 0.15) is 0 Å². The van der Waals surface area contributed by atoms with E-state index in [1.165, 1.54) is 92.2 Å². The highest BCUT2D eigenvalue weighted by Crippen LogP contribution is 2.50. The predicted molar refractivity (Wildman–Crippen MR) is 215 cm³/mol. The smallest absolute Gasteiger partial charge is 0.0541 e. The summed E-state index contributed by atoms with van der Waals surface area (Å²) in [5.74, 6) is 0. The number of nitrogens with zero attached hydrogens (tertiary/aromatic N) is 1. The largest absolute Gasteiger partial charge is 0.309 e. The monoisotopic (exact) mass is 653 g/mol. The van der Waals surface area contributed by atoms with E-state index >= 15 is 0 Å². The average Bonchev–Trinajstić information content (AvgIpc) is 3.73. The van der Waals surface area contributed by atoms with Crippen LogP contribution in [-0.2, 0) is 0 Å². The molecule has 1 nitrogen and oxygen atoms in total. The average molecular weight is 654 g/mol. The lowest BCUT2D eigenvalue weighted by atomic mass is 9.85. The molecule has 0 N–H and O–H groups in total. The van der Waals surface area contributed by atoms with Gasteiger partial charge in [0.25, 0.3) is 0 Å². The van der Waals surface area contributed by atoms with Crippen molar-refractivity contribution in [3.05, 3.63) is 188 Å². The lowest BCUT2D eigenvalue weighted by Gasteiger charge is -2.18. The number of para-hydroxylation sites is 2. The molecule has 234 valence electrons. The van der Waals surface area contributed by atoms with Gasteiger partial charge in [-0.1, -0.05) is 140 Å². The van der Waals surface area contributed by atoms with E-state index in [0.29, 0.717) is 0 Å². The number of fused-ring (bicyclic) bond motifs is 6. The van der Waals surface area contributed by atoms with E-state index in [9.17, 15) is 0 Å². The minimum Gasteiger partial charge on any atom is -0.309 e. The Hall–Kier alpha value is -6.22. The maximum absolute atomic E-state index is 2.43. The fourth-order valence-corrected chi connectivity index (χ4v) is 8.90. The van der Waals surface area contributed by atoms with Gasteiger partial charge in [-0.3, -0.25) is 0 Å². The number of hydrogen-bond donors (Lipinski definition) is 0. The van der Waals surface area contributed by atoms with E-state index in [2.05, 4.69) is 193 Å². The quantitative estimate of drug-likeness (QED) is 0.174. The summed E-state index contributed by atoms with van der Waals surface area (Å²) in [4.78, 5) is 0. The van der Waals surface area contributed by atoms with Crippen LogP contribution in [0.3, 0.4) is 0 Å². The first-order chi connectivity index (χ1) is 24.8. The maximum atomic E-state index is 2.43. The molecule has 0 bridgehead atoms. The van der Waals surface area contributed by atoms with Crippen molar-refractivity contribution in [2.75, 3.05) is 0 Å². The zero-order valence-corrected chi connectivity index (χ0v) is 28.1. The molecule has 0 unspecified atom stereocenters. The second kappa shape index (κ2) is 11.7. The highest BCUT2D eigenvalue weighted by Gasteiger charge is 2.22. The van der Waals surface area contributed by atoms with Crippen molar-refractivity contribution in [2.24, 2.45) is 0 Å². The van der Waals surface area contributed by atoms with Gasteiger partial charge >= 0.3 is 0 Å². The van der Waals surface area contributed by atoms with Crippen molar-refractivity contribution in [3.63, 3.8) is 0 Å². The molecule has 0 fully saturated rings. The Morgan fingerprint density at radius 2 is 0.880 bits per heavy atom. The minimum absolute atomic E-state index is 1.18. The van der Waals surface area contributed by atoms with Crippen molar-refractivity contribution in [1.82, 2.24) is 4.57 Å². The molecule has 0 aliphatic carbocycles.